The normalized spacial score (nSPS) is 10.9. The van der Waals surface area contributed by atoms with Gasteiger partial charge in [-0.3, -0.25) is 4.79 Å². The highest BCUT2D eigenvalue weighted by molar-refractivity contribution is 6.36. The first kappa shape index (κ1) is 20.6. The first-order valence-corrected chi connectivity index (χ1v) is 9.22. The zero-order chi connectivity index (χ0) is 19.8. The number of carbonyl (C=O) groups is 1. The Morgan fingerprint density at radius 1 is 1.15 bits per heavy atom. The Labute approximate surface area is 169 Å². The number of carbonyl (C=O) groups excluding carboxylic acids is 1. The second-order valence-electron chi connectivity index (χ2n) is 5.61. The third kappa shape index (κ3) is 5.65. The molecule has 0 aromatic heterocycles. The molecule has 2 N–H and O–H groups in total. The van der Waals surface area contributed by atoms with Gasteiger partial charge in [0.15, 0.2) is 0 Å². The summed E-state index contributed by atoms with van der Waals surface area (Å²) in [4.78, 5) is 14.5. The maximum Gasteiger partial charge on any atom is 0.267 e. The van der Waals surface area contributed by atoms with Crippen molar-refractivity contribution in [3.63, 3.8) is 0 Å². The van der Waals surface area contributed by atoms with Gasteiger partial charge in [-0.15, -0.1) is 0 Å². The van der Waals surface area contributed by atoms with Crippen LogP contribution in [0.3, 0.4) is 0 Å². The molecule has 2 aromatic rings. The van der Waals surface area contributed by atoms with E-state index >= 15 is 0 Å². The number of hydrogen-bond donors (Lipinski definition) is 2. The Kier molecular flexibility index (Phi) is 7.54. The lowest BCUT2D eigenvalue weighted by molar-refractivity contribution is -0.112. The lowest BCUT2D eigenvalue weighted by atomic mass is 10.2. The largest absolute Gasteiger partial charge is 0.372 e. The van der Waals surface area contributed by atoms with Crippen LogP contribution in [-0.2, 0) is 4.79 Å². The van der Waals surface area contributed by atoms with E-state index in [0.717, 1.165) is 24.5 Å². The van der Waals surface area contributed by atoms with Crippen LogP contribution < -0.4 is 15.5 Å². The van der Waals surface area contributed by atoms with E-state index in [1.54, 1.807) is 12.1 Å². The molecule has 0 aliphatic heterocycles. The molecule has 0 spiro atoms. The molecule has 7 heteroatoms. The van der Waals surface area contributed by atoms with Gasteiger partial charge in [-0.05, 0) is 56.3 Å². The van der Waals surface area contributed by atoms with Gasteiger partial charge >= 0.3 is 0 Å². The summed E-state index contributed by atoms with van der Waals surface area (Å²) in [5.74, 6) is -0.575. The molecule has 0 saturated carbocycles. The molecule has 2 rings (SSSR count). The summed E-state index contributed by atoms with van der Waals surface area (Å²) >= 11 is 11.9. The van der Waals surface area contributed by atoms with Crippen LogP contribution in [0.15, 0.2) is 54.2 Å². The minimum Gasteiger partial charge on any atom is -0.372 e. The van der Waals surface area contributed by atoms with Crippen LogP contribution in [0, 0.1) is 11.3 Å². The minimum absolute atomic E-state index is 0.0844. The highest BCUT2D eigenvalue weighted by atomic mass is 35.5. The van der Waals surface area contributed by atoms with Crippen molar-refractivity contribution >= 4 is 46.2 Å². The second-order valence-corrected chi connectivity index (χ2v) is 6.46. The third-order valence-corrected chi connectivity index (χ3v) is 4.49. The summed E-state index contributed by atoms with van der Waals surface area (Å²) in [5, 5.41) is 15.6. The predicted molar refractivity (Wildman–Crippen MR) is 112 cm³/mol. The van der Waals surface area contributed by atoms with Gasteiger partial charge in [0.05, 0.1) is 10.7 Å². The van der Waals surface area contributed by atoms with Crippen molar-refractivity contribution < 1.29 is 4.79 Å². The van der Waals surface area contributed by atoms with Crippen molar-refractivity contribution in [2.75, 3.05) is 28.6 Å². The van der Waals surface area contributed by atoms with E-state index in [-0.39, 0.29) is 5.57 Å². The van der Waals surface area contributed by atoms with Gasteiger partial charge in [-0.1, -0.05) is 23.2 Å². The summed E-state index contributed by atoms with van der Waals surface area (Å²) in [7, 11) is 0. The van der Waals surface area contributed by atoms with Crippen LogP contribution in [-0.4, -0.2) is 19.0 Å². The maximum atomic E-state index is 12.3. The number of halogens is 2. The minimum atomic E-state index is -0.575. The smallest absolute Gasteiger partial charge is 0.267 e. The molecule has 5 nitrogen and oxygen atoms in total. The van der Waals surface area contributed by atoms with Gasteiger partial charge in [-0.2, -0.15) is 5.26 Å². The van der Waals surface area contributed by atoms with Crippen molar-refractivity contribution in [1.82, 2.24) is 0 Å². The number of nitrogens with zero attached hydrogens (tertiary/aromatic N) is 2. The Hall–Kier alpha value is -2.68. The molecule has 27 heavy (non-hydrogen) atoms. The SMILES string of the molecule is CCN(CC)c1ccc(N/C=C(/C#N)C(=O)Nc2cc(Cl)ccc2Cl)cc1. The number of rotatable bonds is 7. The maximum absolute atomic E-state index is 12.3. The Morgan fingerprint density at radius 2 is 1.81 bits per heavy atom. The number of amides is 1. The van der Waals surface area contributed by atoms with Gasteiger partial charge in [0.1, 0.15) is 11.6 Å². The van der Waals surface area contributed by atoms with Crippen LogP contribution in [0.5, 0.6) is 0 Å². The van der Waals surface area contributed by atoms with E-state index in [1.807, 2.05) is 30.3 Å². The topological polar surface area (TPSA) is 68.2 Å². The molecule has 2 aromatic carbocycles. The molecule has 0 aliphatic rings. The first-order valence-electron chi connectivity index (χ1n) is 8.46. The van der Waals surface area contributed by atoms with Gasteiger partial charge < -0.3 is 15.5 Å². The molecule has 0 fully saturated rings. The molecule has 0 saturated heterocycles. The van der Waals surface area contributed by atoms with Crippen molar-refractivity contribution in [2.24, 2.45) is 0 Å². The van der Waals surface area contributed by atoms with Crippen LogP contribution in [0.25, 0.3) is 0 Å². The van der Waals surface area contributed by atoms with Crippen LogP contribution in [0.4, 0.5) is 17.1 Å². The van der Waals surface area contributed by atoms with Gasteiger partial charge in [0, 0.05) is 35.7 Å². The highest BCUT2D eigenvalue weighted by Gasteiger charge is 2.12. The number of anilines is 3. The Bertz CT molecular complexity index is 869. The molecule has 0 unspecified atom stereocenters. The van der Waals surface area contributed by atoms with Gasteiger partial charge in [-0.25, -0.2) is 0 Å². The molecule has 0 radical (unpaired) electrons. The number of benzene rings is 2. The zero-order valence-corrected chi connectivity index (χ0v) is 16.6. The van der Waals surface area contributed by atoms with E-state index in [9.17, 15) is 10.1 Å². The second kappa shape index (κ2) is 9.86. The van der Waals surface area contributed by atoms with Crippen LogP contribution in [0.1, 0.15) is 13.8 Å². The summed E-state index contributed by atoms with van der Waals surface area (Å²) in [6, 6.07) is 14.4. The molecule has 0 heterocycles. The zero-order valence-electron chi connectivity index (χ0n) is 15.1. The third-order valence-electron chi connectivity index (χ3n) is 3.92. The van der Waals surface area contributed by atoms with E-state index in [1.165, 1.54) is 12.3 Å². The molecule has 1 amide bonds. The van der Waals surface area contributed by atoms with Crippen molar-refractivity contribution in [1.29, 1.82) is 5.26 Å². The van der Waals surface area contributed by atoms with E-state index in [0.29, 0.717) is 15.7 Å². The molecule has 0 bridgehead atoms. The fourth-order valence-electron chi connectivity index (χ4n) is 2.44. The fourth-order valence-corrected chi connectivity index (χ4v) is 2.78. The molecule has 0 atom stereocenters. The van der Waals surface area contributed by atoms with Crippen molar-refractivity contribution in [3.05, 3.63) is 64.3 Å². The Balaban J connectivity index is 2.08. The average Bonchev–Trinajstić information content (AvgIpc) is 2.67. The monoisotopic (exact) mass is 402 g/mol. The first-order chi connectivity index (χ1) is 13.0. The average molecular weight is 403 g/mol. The van der Waals surface area contributed by atoms with Crippen molar-refractivity contribution in [3.8, 4) is 6.07 Å². The fraction of sp³-hybridized carbons (Fsp3) is 0.200. The van der Waals surface area contributed by atoms with E-state index in [2.05, 4.69) is 29.4 Å². The molecule has 140 valence electrons. The number of nitrogens with one attached hydrogen (secondary N) is 2. The number of nitriles is 1. The van der Waals surface area contributed by atoms with Crippen molar-refractivity contribution in [2.45, 2.75) is 13.8 Å². The van der Waals surface area contributed by atoms with Gasteiger partial charge in [0.2, 0.25) is 0 Å². The predicted octanol–water partition coefficient (Wildman–Crippen LogP) is 5.30. The van der Waals surface area contributed by atoms with Crippen LogP contribution in [0.2, 0.25) is 10.0 Å². The molecule has 0 aliphatic carbocycles. The number of hydrogen-bond acceptors (Lipinski definition) is 4. The van der Waals surface area contributed by atoms with Crippen LogP contribution >= 0.6 is 23.2 Å². The summed E-state index contributed by atoms with van der Waals surface area (Å²) in [5.41, 5.74) is 2.15. The van der Waals surface area contributed by atoms with E-state index < -0.39 is 5.91 Å². The highest BCUT2D eigenvalue weighted by Crippen LogP contribution is 2.25. The summed E-state index contributed by atoms with van der Waals surface area (Å²) in [6.07, 6.45) is 1.36. The quantitative estimate of drug-likeness (QED) is 0.487. The van der Waals surface area contributed by atoms with Gasteiger partial charge in [0.25, 0.3) is 5.91 Å². The Morgan fingerprint density at radius 3 is 2.41 bits per heavy atom. The molecular formula is C20H20Cl2N4O. The lowest BCUT2D eigenvalue weighted by Gasteiger charge is -2.21. The molecular weight excluding hydrogens is 383 g/mol. The summed E-state index contributed by atoms with van der Waals surface area (Å²) in [6.45, 7) is 6.05. The lowest BCUT2D eigenvalue weighted by Crippen LogP contribution is -2.21. The standard InChI is InChI=1S/C20H20Cl2N4O/c1-3-26(4-2)17-8-6-16(7-9-17)24-13-14(12-23)20(27)25-19-11-15(21)5-10-18(19)22/h5-11,13,24H,3-4H2,1-2H3,(H,25,27)/b14-13-. The summed E-state index contributed by atoms with van der Waals surface area (Å²) < 4.78 is 0. The van der Waals surface area contributed by atoms with E-state index in [4.69, 9.17) is 23.2 Å².